The fourth-order valence-corrected chi connectivity index (χ4v) is 5.43. The van der Waals surface area contributed by atoms with Gasteiger partial charge >= 0.3 is 0 Å². The molecule has 2 aromatic rings. The lowest BCUT2D eigenvalue weighted by Crippen LogP contribution is -2.43. The Kier molecular flexibility index (Phi) is 7.84. The zero-order valence-electron chi connectivity index (χ0n) is 19.0. The average molecular weight is 472 g/mol. The van der Waals surface area contributed by atoms with Gasteiger partial charge in [0.2, 0.25) is 5.95 Å². The third-order valence-corrected chi connectivity index (χ3v) is 7.31. The predicted molar refractivity (Wildman–Crippen MR) is 138 cm³/mol. The van der Waals surface area contributed by atoms with E-state index in [0.717, 1.165) is 49.0 Å². The van der Waals surface area contributed by atoms with E-state index in [4.69, 9.17) is 28.8 Å². The van der Waals surface area contributed by atoms with Crippen LogP contribution >= 0.6 is 23.8 Å². The van der Waals surface area contributed by atoms with Gasteiger partial charge in [0.1, 0.15) is 5.82 Å². The monoisotopic (exact) mass is 471 g/mol. The zero-order chi connectivity index (χ0) is 22.4. The van der Waals surface area contributed by atoms with Crippen molar-refractivity contribution in [2.24, 2.45) is 0 Å². The van der Waals surface area contributed by atoms with Gasteiger partial charge in [-0.3, -0.25) is 0 Å². The lowest BCUT2D eigenvalue weighted by Gasteiger charge is -2.38. The van der Waals surface area contributed by atoms with E-state index in [1.165, 1.54) is 50.5 Å². The van der Waals surface area contributed by atoms with Gasteiger partial charge in [-0.2, -0.15) is 4.98 Å². The highest BCUT2D eigenvalue weighted by molar-refractivity contribution is 7.80. The molecular weight excluding hydrogens is 438 g/mol. The van der Waals surface area contributed by atoms with E-state index >= 15 is 0 Å². The molecule has 1 saturated carbocycles. The van der Waals surface area contributed by atoms with Crippen molar-refractivity contribution in [3.63, 3.8) is 0 Å². The minimum atomic E-state index is 0.0551. The summed E-state index contributed by atoms with van der Waals surface area (Å²) < 4.78 is 0. The molecule has 1 aliphatic carbocycles. The van der Waals surface area contributed by atoms with Gasteiger partial charge in [0.25, 0.3) is 0 Å². The van der Waals surface area contributed by atoms with Crippen LogP contribution < -0.4 is 15.5 Å². The van der Waals surface area contributed by atoms with Crippen LogP contribution in [0.2, 0.25) is 5.02 Å². The maximum atomic E-state index is 6.32. The van der Waals surface area contributed by atoms with Gasteiger partial charge in [-0.1, -0.05) is 55.8 Å². The molecule has 7 heteroatoms. The molecule has 1 aromatic carbocycles. The van der Waals surface area contributed by atoms with Gasteiger partial charge in [-0.15, -0.1) is 0 Å². The first-order valence-electron chi connectivity index (χ1n) is 12.0. The Bertz CT molecular complexity index is 920. The Morgan fingerprint density at radius 3 is 2.47 bits per heavy atom. The van der Waals surface area contributed by atoms with E-state index in [-0.39, 0.29) is 5.41 Å². The first-order valence-corrected chi connectivity index (χ1v) is 12.7. The zero-order valence-corrected chi connectivity index (χ0v) is 20.6. The van der Waals surface area contributed by atoms with Crippen LogP contribution in [-0.4, -0.2) is 34.7 Å². The number of nitrogens with zero attached hydrogens (tertiary/aromatic N) is 3. The van der Waals surface area contributed by atoms with Gasteiger partial charge in [0.05, 0.1) is 0 Å². The number of rotatable bonds is 5. The molecule has 32 heavy (non-hydrogen) atoms. The Balaban J connectivity index is 1.43. The van der Waals surface area contributed by atoms with Crippen molar-refractivity contribution in [2.75, 3.05) is 29.9 Å². The summed E-state index contributed by atoms with van der Waals surface area (Å²) in [5.41, 5.74) is 2.31. The summed E-state index contributed by atoms with van der Waals surface area (Å²) in [4.78, 5) is 11.7. The number of nitrogens with one attached hydrogen (secondary N) is 2. The standard InChI is InChI=1S/C25H34ClN5S/c1-19-16-22(31-14-7-2-3-8-15-31)29-23(28-19)30-24(32)27-18-25(12-5-4-6-13-25)20-10-9-11-21(26)17-20/h9-11,16-17H,2-8,12-15,18H2,1H3,(H2,27,28,29,30,32). The summed E-state index contributed by atoms with van der Waals surface area (Å²) in [6.07, 6.45) is 11.1. The van der Waals surface area contributed by atoms with Crippen molar-refractivity contribution < 1.29 is 0 Å². The SMILES string of the molecule is Cc1cc(N2CCCCCC2)nc(NC(=S)NCC2(c3cccc(Cl)c3)CCCCC2)n1. The van der Waals surface area contributed by atoms with Crippen molar-refractivity contribution in [3.8, 4) is 0 Å². The van der Waals surface area contributed by atoms with E-state index in [2.05, 4.69) is 44.8 Å². The fraction of sp³-hybridized carbons (Fsp3) is 0.560. The Morgan fingerprint density at radius 2 is 1.75 bits per heavy atom. The summed E-state index contributed by atoms with van der Waals surface area (Å²) in [7, 11) is 0. The number of aromatic nitrogens is 2. The van der Waals surface area contributed by atoms with Gasteiger partial charge in [0, 0.05) is 41.8 Å². The molecule has 0 amide bonds. The second-order valence-corrected chi connectivity index (χ2v) is 10.1. The van der Waals surface area contributed by atoms with E-state index in [0.29, 0.717) is 11.1 Å². The molecular formula is C25H34ClN5S. The van der Waals surface area contributed by atoms with E-state index < -0.39 is 0 Å². The van der Waals surface area contributed by atoms with Crippen LogP contribution in [0.5, 0.6) is 0 Å². The van der Waals surface area contributed by atoms with Gasteiger partial charge < -0.3 is 15.5 Å². The van der Waals surface area contributed by atoms with Crippen LogP contribution in [0.25, 0.3) is 0 Å². The molecule has 1 aliphatic heterocycles. The first-order chi connectivity index (χ1) is 15.5. The normalized spacial score (nSPS) is 18.6. The van der Waals surface area contributed by atoms with Crippen molar-refractivity contribution in [3.05, 3.63) is 46.6 Å². The van der Waals surface area contributed by atoms with Crippen molar-refractivity contribution in [1.29, 1.82) is 0 Å². The molecule has 2 heterocycles. The number of aryl methyl sites for hydroxylation is 1. The fourth-order valence-electron chi connectivity index (χ4n) is 5.08. The maximum absolute atomic E-state index is 6.32. The minimum Gasteiger partial charge on any atom is -0.361 e. The van der Waals surface area contributed by atoms with Gasteiger partial charge in [-0.05, 0) is 62.5 Å². The molecule has 0 atom stereocenters. The number of anilines is 2. The third kappa shape index (κ3) is 5.90. The quantitative estimate of drug-likeness (QED) is 0.521. The van der Waals surface area contributed by atoms with Crippen molar-refractivity contribution >= 4 is 40.7 Å². The molecule has 1 aromatic heterocycles. The molecule has 0 unspecified atom stereocenters. The second kappa shape index (κ2) is 10.8. The summed E-state index contributed by atoms with van der Waals surface area (Å²) in [5.74, 6) is 1.56. The summed E-state index contributed by atoms with van der Waals surface area (Å²) >= 11 is 12.0. The number of hydrogen-bond acceptors (Lipinski definition) is 4. The van der Waals surface area contributed by atoms with Crippen LogP contribution in [0.3, 0.4) is 0 Å². The molecule has 0 radical (unpaired) electrons. The Morgan fingerprint density at radius 1 is 1.03 bits per heavy atom. The lowest BCUT2D eigenvalue weighted by molar-refractivity contribution is 0.292. The smallest absolute Gasteiger partial charge is 0.231 e. The molecule has 4 rings (SSSR count). The highest BCUT2D eigenvalue weighted by Gasteiger charge is 2.34. The van der Waals surface area contributed by atoms with Crippen molar-refractivity contribution in [1.82, 2.24) is 15.3 Å². The third-order valence-electron chi connectivity index (χ3n) is 6.83. The molecule has 2 fully saturated rings. The van der Waals surface area contributed by atoms with Crippen LogP contribution in [0.4, 0.5) is 11.8 Å². The van der Waals surface area contributed by atoms with Gasteiger partial charge in [-0.25, -0.2) is 4.98 Å². The lowest BCUT2D eigenvalue weighted by atomic mass is 9.69. The Labute approximate surface area is 202 Å². The van der Waals surface area contributed by atoms with Crippen LogP contribution in [-0.2, 0) is 5.41 Å². The number of benzene rings is 1. The van der Waals surface area contributed by atoms with Crippen LogP contribution in [0.1, 0.15) is 69.0 Å². The summed E-state index contributed by atoms with van der Waals surface area (Å²) in [6, 6.07) is 10.4. The average Bonchev–Trinajstić information content (AvgIpc) is 3.08. The van der Waals surface area contributed by atoms with E-state index in [1.54, 1.807) is 0 Å². The molecule has 2 aliphatic rings. The van der Waals surface area contributed by atoms with Gasteiger partial charge in [0.15, 0.2) is 5.11 Å². The molecule has 1 saturated heterocycles. The topological polar surface area (TPSA) is 53.1 Å². The summed E-state index contributed by atoms with van der Waals surface area (Å²) in [6.45, 7) is 4.91. The number of halogens is 1. The Hall–Kier alpha value is -1.92. The molecule has 172 valence electrons. The second-order valence-electron chi connectivity index (χ2n) is 9.25. The van der Waals surface area contributed by atoms with Crippen molar-refractivity contribution in [2.45, 2.75) is 70.1 Å². The molecule has 5 nitrogen and oxygen atoms in total. The minimum absolute atomic E-state index is 0.0551. The molecule has 2 N–H and O–H groups in total. The molecule has 0 spiro atoms. The number of thiocarbonyl (C=S) groups is 1. The highest BCUT2D eigenvalue weighted by Crippen LogP contribution is 2.39. The number of hydrogen-bond donors (Lipinski definition) is 2. The van der Waals surface area contributed by atoms with E-state index in [9.17, 15) is 0 Å². The van der Waals surface area contributed by atoms with Crippen LogP contribution in [0.15, 0.2) is 30.3 Å². The van der Waals surface area contributed by atoms with Crippen LogP contribution in [0, 0.1) is 6.92 Å². The van der Waals surface area contributed by atoms with E-state index in [1.807, 2.05) is 13.0 Å². The first kappa shape index (κ1) is 23.2. The summed E-state index contributed by atoms with van der Waals surface area (Å²) in [5, 5.41) is 8.08. The molecule has 0 bridgehead atoms. The largest absolute Gasteiger partial charge is 0.361 e. The highest BCUT2D eigenvalue weighted by atomic mass is 35.5. The predicted octanol–water partition coefficient (Wildman–Crippen LogP) is 6.01. The maximum Gasteiger partial charge on any atom is 0.231 e.